The molecule has 8 heteroatoms. The van der Waals surface area contributed by atoms with Gasteiger partial charge in [0.05, 0.1) is 5.69 Å². The fourth-order valence-corrected chi connectivity index (χ4v) is 2.19. The van der Waals surface area contributed by atoms with Gasteiger partial charge < -0.3 is 10.2 Å². The van der Waals surface area contributed by atoms with Crippen LogP contribution in [0.1, 0.15) is 33.1 Å². The Bertz CT molecular complexity index is 699. The van der Waals surface area contributed by atoms with E-state index in [1.807, 2.05) is 25.1 Å². The molecule has 1 aromatic carbocycles. The average molecular weight is 362 g/mol. The Labute approximate surface area is 151 Å². The van der Waals surface area contributed by atoms with Gasteiger partial charge >= 0.3 is 11.9 Å². The van der Waals surface area contributed by atoms with Crippen molar-refractivity contribution in [3.63, 3.8) is 0 Å². The van der Waals surface area contributed by atoms with Gasteiger partial charge in [0.25, 0.3) is 11.8 Å². The molecule has 1 aliphatic rings. The molecular weight excluding hydrogens is 340 g/mol. The van der Waals surface area contributed by atoms with Crippen LogP contribution < -0.4 is 10.4 Å². The number of amides is 2. The first kappa shape index (κ1) is 20.9. The first-order valence-electron chi connectivity index (χ1n) is 8.12. The van der Waals surface area contributed by atoms with Gasteiger partial charge in [-0.3, -0.25) is 15.0 Å². The van der Waals surface area contributed by atoms with Crippen molar-refractivity contribution >= 4 is 29.4 Å². The molecule has 1 unspecified atom stereocenters. The lowest BCUT2D eigenvalue weighted by Gasteiger charge is -2.14. The Morgan fingerprint density at radius 1 is 1.19 bits per heavy atom. The summed E-state index contributed by atoms with van der Waals surface area (Å²) < 4.78 is 0. The summed E-state index contributed by atoms with van der Waals surface area (Å²) >= 11 is 0. The molecule has 140 valence electrons. The van der Waals surface area contributed by atoms with Crippen LogP contribution in [0, 0.1) is 5.92 Å². The quantitative estimate of drug-likeness (QED) is 0.525. The lowest BCUT2D eigenvalue weighted by molar-refractivity contribution is -0.135. The minimum absolute atomic E-state index is 0.144. The summed E-state index contributed by atoms with van der Waals surface area (Å²) in [5, 5.41) is 17.4. The molecule has 1 fully saturated rings. The third-order valence-electron chi connectivity index (χ3n) is 3.60. The van der Waals surface area contributed by atoms with Crippen molar-refractivity contribution < 1.29 is 29.4 Å². The largest absolute Gasteiger partial charge is 0.478 e. The normalized spacial score (nSPS) is 16.6. The number of unbranched alkanes of at least 4 members (excludes halogenated alkanes) is 1. The van der Waals surface area contributed by atoms with Gasteiger partial charge in [0.15, 0.2) is 0 Å². The zero-order valence-corrected chi connectivity index (χ0v) is 14.6. The molecule has 0 aliphatic carbocycles. The van der Waals surface area contributed by atoms with E-state index in [1.54, 1.807) is 12.1 Å². The summed E-state index contributed by atoms with van der Waals surface area (Å²) in [6.07, 6.45) is 3.15. The molecule has 8 nitrogen and oxygen atoms in total. The second-order valence-corrected chi connectivity index (χ2v) is 5.65. The van der Waals surface area contributed by atoms with Crippen molar-refractivity contribution in [2.75, 3.05) is 5.01 Å². The van der Waals surface area contributed by atoms with Gasteiger partial charge in [0.2, 0.25) is 0 Å². The van der Waals surface area contributed by atoms with Crippen LogP contribution in [0.3, 0.4) is 0 Å². The number of nitrogens with one attached hydrogen (secondary N) is 1. The average Bonchev–Trinajstić information content (AvgIpc) is 2.88. The van der Waals surface area contributed by atoms with Crippen LogP contribution in [-0.2, 0) is 19.2 Å². The fourth-order valence-electron chi connectivity index (χ4n) is 2.19. The van der Waals surface area contributed by atoms with Crippen molar-refractivity contribution in [2.45, 2.75) is 33.1 Å². The number of para-hydroxylation sites is 1. The summed E-state index contributed by atoms with van der Waals surface area (Å²) in [6, 6.07) is 9.17. The Balaban J connectivity index is 0.000000321. The molecule has 3 N–H and O–H groups in total. The number of hydrogen-bond acceptors (Lipinski definition) is 4. The van der Waals surface area contributed by atoms with Crippen LogP contribution >= 0.6 is 0 Å². The van der Waals surface area contributed by atoms with E-state index in [1.165, 1.54) is 11.9 Å². The lowest BCUT2D eigenvalue weighted by Crippen LogP contribution is -2.35. The van der Waals surface area contributed by atoms with Crippen LogP contribution in [-0.4, -0.2) is 34.0 Å². The number of benzene rings is 1. The van der Waals surface area contributed by atoms with Gasteiger partial charge in [-0.25, -0.2) is 14.6 Å². The molecular formula is C18H22N2O6. The first-order chi connectivity index (χ1) is 12.3. The maximum atomic E-state index is 12.1. The minimum atomic E-state index is -1.24. The van der Waals surface area contributed by atoms with Gasteiger partial charge in [-0.2, -0.15) is 0 Å². The third-order valence-corrected chi connectivity index (χ3v) is 3.60. The smallest absolute Gasteiger partial charge is 0.331 e. The molecule has 0 radical (unpaired) electrons. The molecule has 0 saturated carbocycles. The number of carbonyl (C=O) groups excluding carboxylic acids is 2. The highest BCUT2D eigenvalue weighted by molar-refractivity contribution is 6.14. The summed E-state index contributed by atoms with van der Waals surface area (Å²) in [4.78, 5) is 43.4. The maximum Gasteiger partial charge on any atom is 0.331 e. The zero-order chi connectivity index (χ0) is 19.7. The summed E-state index contributed by atoms with van der Waals surface area (Å²) in [5.41, 5.74) is 3.16. The molecule has 1 atom stereocenters. The number of carboxylic acids is 2. The molecule has 1 aromatic rings. The number of nitrogens with zero attached hydrogens (tertiary/aromatic N) is 1. The van der Waals surface area contributed by atoms with Crippen LogP contribution in [0.2, 0.25) is 0 Å². The maximum absolute atomic E-state index is 12.1. The molecule has 1 saturated heterocycles. The van der Waals surface area contributed by atoms with E-state index >= 15 is 0 Å². The van der Waals surface area contributed by atoms with E-state index < -0.39 is 17.9 Å². The molecule has 2 amide bonds. The second kappa shape index (κ2) is 9.97. The molecule has 0 aromatic heterocycles. The van der Waals surface area contributed by atoms with Gasteiger partial charge in [-0.1, -0.05) is 38.0 Å². The number of rotatable bonds is 6. The SMILES string of the molecule is C/C(=C\C(=O)O)C(=O)O.CCCCC1C(=O)NN(c2ccccc2)C1=O. The minimum Gasteiger partial charge on any atom is -0.478 e. The summed E-state index contributed by atoms with van der Waals surface area (Å²) in [5.74, 6) is -3.30. The number of carboxylic acid groups (broad SMARTS) is 2. The summed E-state index contributed by atoms with van der Waals surface area (Å²) in [6.45, 7) is 3.27. The zero-order valence-electron chi connectivity index (χ0n) is 14.6. The van der Waals surface area contributed by atoms with E-state index in [0.717, 1.165) is 12.8 Å². The molecule has 2 rings (SSSR count). The van der Waals surface area contributed by atoms with Crippen molar-refractivity contribution in [3.8, 4) is 0 Å². The molecule has 0 bridgehead atoms. The Morgan fingerprint density at radius 3 is 2.27 bits per heavy atom. The van der Waals surface area contributed by atoms with E-state index in [9.17, 15) is 19.2 Å². The second-order valence-electron chi connectivity index (χ2n) is 5.65. The highest BCUT2D eigenvalue weighted by Gasteiger charge is 2.39. The number of aliphatic carboxylic acids is 2. The number of hydrogen-bond donors (Lipinski definition) is 3. The van der Waals surface area contributed by atoms with Crippen LogP contribution in [0.15, 0.2) is 42.0 Å². The predicted octanol–water partition coefficient (Wildman–Crippen LogP) is 1.97. The highest BCUT2D eigenvalue weighted by atomic mass is 16.4. The number of anilines is 1. The molecule has 1 aliphatic heterocycles. The van der Waals surface area contributed by atoms with Gasteiger partial charge in [0, 0.05) is 11.6 Å². The fraction of sp³-hybridized carbons (Fsp3) is 0.333. The standard InChI is InChI=1S/C13H16N2O2.C5H6O4/c1-2-3-9-11-12(16)14-15(13(11)17)10-7-5-4-6-8-10;1-3(5(8)9)2-4(6)7/h4-8,11H,2-3,9H2,1H3,(H,14,16);2H,1H3,(H,6,7)(H,8,9)/b;3-2+. The van der Waals surface area contributed by atoms with Gasteiger partial charge in [-0.15, -0.1) is 0 Å². The molecule has 0 spiro atoms. The predicted molar refractivity (Wildman–Crippen MR) is 94.1 cm³/mol. The first-order valence-corrected chi connectivity index (χ1v) is 8.12. The van der Waals surface area contributed by atoms with Crippen molar-refractivity contribution in [3.05, 3.63) is 42.0 Å². The Hall–Kier alpha value is -3.16. The van der Waals surface area contributed by atoms with E-state index in [-0.39, 0.29) is 17.4 Å². The van der Waals surface area contributed by atoms with Crippen molar-refractivity contribution in [2.24, 2.45) is 5.92 Å². The monoisotopic (exact) mass is 362 g/mol. The summed E-state index contributed by atoms with van der Waals surface area (Å²) in [7, 11) is 0. The number of carbonyl (C=O) groups is 4. The molecule has 1 heterocycles. The Kier molecular flexibility index (Phi) is 8.01. The molecule has 26 heavy (non-hydrogen) atoms. The van der Waals surface area contributed by atoms with Crippen LogP contribution in [0.4, 0.5) is 5.69 Å². The van der Waals surface area contributed by atoms with E-state index in [2.05, 4.69) is 5.43 Å². The number of hydrazine groups is 1. The topological polar surface area (TPSA) is 124 Å². The highest BCUT2D eigenvalue weighted by Crippen LogP contribution is 2.22. The van der Waals surface area contributed by atoms with E-state index in [4.69, 9.17) is 10.2 Å². The van der Waals surface area contributed by atoms with Gasteiger partial charge in [-0.05, 0) is 25.5 Å². The van der Waals surface area contributed by atoms with Gasteiger partial charge in [0.1, 0.15) is 5.92 Å². The van der Waals surface area contributed by atoms with Crippen LogP contribution in [0.25, 0.3) is 0 Å². The van der Waals surface area contributed by atoms with Crippen molar-refractivity contribution in [1.82, 2.24) is 5.43 Å². The van der Waals surface area contributed by atoms with Crippen LogP contribution in [0.5, 0.6) is 0 Å². The van der Waals surface area contributed by atoms with E-state index in [0.29, 0.717) is 18.2 Å². The third kappa shape index (κ3) is 6.04. The lowest BCUT2D eigenvalue weighted by atomic mass is 10.0. The van der Waals surface area contributed by atoms with Crippen molar-refractivity contribution in [1.29, 1.82) is 0 Å². The Morgan fingerprint density at radius 2 is 1.81 bits per heavy atom.